The highest BCUT2D eigenvalue weighted by Gasteiger charge is 2.27. The van der Waals surface area contributed by atoms with Crippen LogP contribution in [0.3, 0.4) is 0 Å². The summed E-state index contributed by atoms with van der Waals surface area (Å²) in [5.74, 6) is -0.807. The lowest BCUT2D eigenvalue weighted by atomic mass is 10.1. The van der Waals surface area contributed by atoms with E-state index in [0.29, 0.717) is 25.2 Å². The number of hydrogen-bond acceptors (Lipinski definition) is 4. The fourth-order valence-corrected chi connectivity index (χ4v) is 2.15. The van der Waals surface area contributed by atoms with E-state index < -0.39 is 12.0 Å². The van der Waals surface area contributed by atoms with Crippen LogP contribution in [0.15, 0.2) is 24.3 Å². The van der Waals surface area contributed by atoms with Gasteiger partial charge in [-0.15, -0.1) is 0 Å². The van der Waals surface area contributed by atoms with Gasteiger partial charge in [0.1, 0.15) is 6.04 Å². The lowest BCUT2D eigenvalue weighted by Gasteiger charge is -2.33. The Balaban J connectivity index is 2.11. The van der Waals surface area contributed by atoms with Gasteiger partial charge in [0.05, 0.1) is 11.6 Å². The lowest BCUT2D eigenvalue weighted by Crippen LogP contribution is -2.54. The van der Waals surface area contributed by atoms with Crippen molar-refractivity contribution in [3.05, 3.63) is 35.4 Å². The summed E-state index contributed by atoms with van der Waals surface area (Å²) < 4.78 is 0. The highest BCUT2D eigenvalue weighted by atomic mass is 16.4. The van der Waals surface area contributed by atoms with Gasteiger partial charge < -0.3 is 10.4 Å². The van der Waals surface area contributed by atoms with Crippen LogP contribution in [-0.4, -0.2) is 41.7 Å². The quantitative estimate of drug-likeness (QED) is 0.807. The molecule has 0 radical (unpaired) electrons. The SMILES string of the molecule is N#Cc1cccc(CN2CCNCC2C(=O)O)c1. The summed E-state index contributed by atoms with van der Waals surface area (Å²) in [5.41, 5.74) is 1.58. The van der Waals surface area contributed by atoms with Crippen molar-refractivity contribution in [2.24, 2.45) is 0 Å². The molecule has 0 saturated carbocycles. The monoisotopic (exact) mass is 245 g/mol. The molecule has 1 saturated heterocycles. The maximum absolute atomic E-state index is 11.1. The van der Waals surface area contributed by atoms with Gasteiger partial charge in [-0.1, -0.05) is 12.1 Å². The molecule has 1 aromatic rings. The summed E-state index contributed by atoms with van der Waals surface area (Å²) in [7, 11) is 0. The molecule has 18 heavy (non-hydrogen) atoms. The van der Waals surface area contributed by atoms with Crippen molar-refractivity contribution >= 4 is 5.97 Å². The molecule has 1 aromatic carbocycles. The first-order valence-corrected chi connectivity index (χ1v) is 5.87. The molecule has 1 heterocycles. The second kappa shape index (κ2) is 5.63. The molecule has 2 N–H and O–H groups in total. The Bertz CT molecular complexity index is 481. The predicted molar refractivity (Wildman–Crippen MR) is 65.9 cm³/mol. The van der Waals surface area contributed by atoms with Crippen LogP contribution in [0.2, 0.25) is 0 Å². The molecule has 1 atom stereocenters. The molecule has 5 heteroatoms. The fourth-order valence-electron chi connectivity index (χ4n) is 2.15. The summed E-state index contributed by atoms with van der Waals surface area (Å²) in [6, 6.07) is 8.89. The summed E-state index contributed by atoms with van der Waals surface area (Å²) in [4.78, 5) is 13.1. The third-order valence-electron chi connectivity index (χ3n) is 3.08. The highest BCUT2D eigenvalue weighted by molar-refractivity contribution is 5.74. The summed E-state index contributed by atoms with van der Waals surface area (Å²) in [6.45, 7) is 2.52. The topological polar surface area (TPSA) is 76.4 Å². The second-order valence-corrected chi connectivity index (χ2v) is 4.34. The number of piperazine rings is 1. The normalized spacial score (nSPS) is 20.3. The number of carboxylic acid groups (broad SMARTS) is 1. The Morgan fingerprint density at radius 1 is 1.61 bits per heavy atom. The minimum Gasteiger partial charge on any atom is -0.480 e. The maximum Gasteiger partial charge on any atom is 0.322 e. The van der Waals surface area contributed by atoms with E-state index in [1.807, 2.05) is 17.0 Å². The van der Waals surface area contributed by atoms with E-state index in [2.05, 4.69) is 11.4 Å². The van der Waals surface area contributed by atoms with Gasteiger partial charge in [0.2, 0.25) is 0 Å². The van der Waals surface area contributed by atoms with E-state index in [1.54, 1.807) is 12.1 Å². The lowest BCUT2D eigenvalue weighted by molar-refractivity contribution is -0.144. The Morgan fingerprint density at radius 3 is 3.17 bits per heavy atom. The molecule has 1 unspecified atom stereocenters. The molecule has 5 nitrogen and oxygen atoms in total. The molecular formula is C13H15N3O2. The largest absolute Gasteiger partial charge is 0.480 e. The molecule has 0 bridgehead atoms. The minimum atomic E-state index is -0.807. The minimum absolute atomic E-state index is 0.466. The van der Waals surface area contributed by atoms with Crippen molar-refractivity contribution in [1.82, 2.24) is 10.2 Å². The molecule has 2 rings (SSSR count). The Labute approximate surface area is 106 Å². The number of hydrogen-bond donors (Lipinski definition) is 2. The van der Waals surface area contributed by atoms with Gasteiger partial charge in [0.15, 0.2) is 0 Å². The summed E-state index contributed by atoms with van der Waals surface area (Å²) in [5, 5.41) is 21.1. The molecule has 0 amide bonds. The molecule has 94 valence electrons. The first kappa shape index (κ1) is 12.6. The van der Waals surface area contributed by atoms with Crippen LogP contribution in [-0.2, 0) is 11.3 Å². The van der Waals surface area contributed by atoms with Crippen LogP contribution in [0.5, 0.6) is 0 Å². The van der Waals surface area contributed by atoms with E-state index in [9.17, 15) is 4.79 Å². The van der Waals surface area contributed by atoms with Crippen LogP contribution in [0.4, 0.5) is 0 Å². The second-order valence-electron chi connectivity index (χ2n) is 4.34. The van der Waals surface area contributed by atoms with Crippen LogP contribution in [0.25, 0.3) is 0 Å². The average Bonchev–Trinajstić information content (AvgIpc) is 2.39. The Hall–Kier alpha value is -1.90. The smallest absolute Gasteiger partial charge is 0.322 e. The van der Waals surface area contributed by atoms with Gasteiger partial charge >= 0.3 is 5.97 Å². The third kappa shape index (κ3) is 2.86. The van der Waals surface area contributed by atoms with Crippen LogP contribution >= 0.6 is 0 Å². The molecule has 0 aromatic heterocycles. The standard InChI is InChI=1S/C13H15N3O2/c14-7-10-2-1-3-11(6-10)9-16-5-4-15-8-12(16)13(17)18/h1-3,6,12,15H,4-5,8-9H2,(H,17,18). The van der Waals surface area contributed by atoms with Crippen molar-refractivity contribution in [3.8, 4) is 6.07 Å². The Morgan fingerprint density at radius 2 is 2.44 bits per heavy atom. The highest BCUT2D eigenvalue weighted by Crippen LogP contribution is 2.12. The van der Waals surface area contributed by atoms with E-state index in [0.717, 1.165) is 12.1 Å². The number of carboxylic acids is 1. The number of carbonyl (C=O) groups is 1. The van der Waals surface area contributed by atoms with E-state index in [4.69, 9.17) is 10.4 Å². The molecule has 1 aliphatic rings. The molecule has 0 aliphatic carbocycles. The summed E-state index contributed by atoms with van der Waals surface area (Å²) >= 11 is 0. The van der Waals surface area contributed by atoms with E-state index in [1.165, 1.54) is 0 Å². The van der Waals surface area contributed by atoms with Gasteiger partial charge in [-0.05, 0) is 17.7 Å². The molecule has 1 fully saturated rings. The number of rotatable bonds is 3. The van der Waals surface area contributed by atoms with E-state index in [-0.39, 0.29) is 0 Å². The van der Waals surface area contributed by atoms with Crippen molar-refractivity contribution in [2.45, 2.75) is 12.6 Å². The average molecular weight is 245 g/mol. The van der Waals surface area contributed by atoms with Gasteiger partial charge in [-0.2, -0.15) is 5.26 Å². The number of aliphatic carboxylic acids is 1. The predicted octanol–water partition coefficient (Wildman–Crippen LogP) is 0.417. The zero-order valence-corrected chi connectivity index (χ0v) is 9.97. The molecular weight excluding hydrogens is 230 g/mol. The van der Waals surface area contributed by atoms with Crippen molar-refractivity contribution < 1.29 is 9.90 Å². The third-order valence-corrected chi connectivity index (χ3v) is 3.08. The number of nitriles is 1. The zero-order valence-electron chi connectivity index (χ0n) is 9.97. The van der Waals surface area contributed by atoms with Gasteiger partial charge in [0, 0.05) is 26.2 Å². The number of nitrogens with zero attached hydrogens (tertiary/aromatic N) is 2. The first-order valence-electron chi connectivity index (χ1n) is 5.87. The number of benzene rings is 1. The van der Waals surface area contributed by atoms with Crippen molar-refractivity contribution in [1.29, 1.82) is 5.26 Å². The van der Waals surface area contributed by atoms with Crippen LogP contribution in [0, 0.1) is 11.3 Å². The van der Waals surface area contributed by atoms with Crippen molar-refractivity contribution in [3.63, 3.8) is 0 Å². The zero-order chi connectivity index (χ0) is 13.0. The summed E-state index contributed by atoms with van der Waals surface area (Å²) in [6.07, 6.45) is 0. The van der Waals surface area contributed by atoms with Crippen molar-refractivity contribution in [2.75, 3.05) is 19.6 Å². The fraction of sp³-hybridized carbons (Fsp3) is 0.385. The van der Waals surface area contributed by atoms with Crippen LogP contribution in [0.1, 0.15) is 11.1 Å². The number of nitrogens with one attached hydrogen (secondary N) is 1. The van der Waals surface area contributed by atoms with Gasteiger partial charge in [0.25, 0.3) is 0 Å². The van der Waals surface area contributed by atoms with Gasteiger partial charge in [-0.25, -0.2) is 0 Å². The molecule has 0 spiro atoms. The van der Waals surface area contributed by atoms with Crippen LogP contribution < -0.4 is 5.32 Å². The first-order chi connectivity index (χ1) is 8.70. The van der Waals surface area contributed by atoms with E-state index >= 15 is 0 Å². The van der Waals surface area contributed by atoms with Gasteiger partial charge in [-0.3, -0.25) is 9.69 Å². The Kier molecular flexibility index (Phi) is 3.92. The maximum atomic E-state index is 11.1. The molecule has 1 aliphatic heterocycles.